The third-order valence-corrected chi connectivity index (χ3v) is 4.69. The summed E-state index contributed by atoms with van der Waals surface area (Å²) in [7, 11) is 1.00. The van der Waals surface area contributed by atoms with Crippen molar-refractivity contribution in [3.8, 4) is 6.19 Å². The average Bonchev–Trinajstić information content (AvgIpc) is 2.65. The molecule has 0 fully saturated rings. The second kappa shape index (κ2) is 19.9. The summed E-state index contributed by atoms with van der Waals surface area (Å²) in [6.45, 7) is 10.3. The summed E-state index contributed by atoms with van der Waals surface area (Å²) in [5.41, 5.74) is 4.21. The fraction of sp³-hybridized carbons (Fsp3) is 0.591. The van der Waals surface area contributed by atoms with Gasteiger partial charge >= 0.3 is 0 Å². The van der Waals surface area contributed by atoms with Crippen LogP contribution >= 0.6 is 11.8 Å². The van der Waals surface area contributed by atoms with E-state index in [-0.39, 0.29) is 0 Å². The highest BCUT2D eigenvalue weighted by Crippen LogP contribution is 2.13. The van der Waals surface area contributed by atoms with Crippen LogP contribution in [-0.4, -0.2) is 41.9 Å². The third kappa shape index (κ3) is 18.9. The Morgan fingerprint density at radius 3 is 2.18 bits per heavy atom. The molecule has 6 heteroatoms. The Bertz CT molecular complexity index is 583. The van der Waals surface area contributed by atoms with Crippen molar-refractivity contribution < 1.29 is 9.90 Å². The molecule has 0 amide bonds. The van der Waals surface area contributed by atoms with Crippen molar-refractivity contribution >= 4 is 23.9 Å². The van der Waals surface area contributed by atoms with E-state index in [0.29, 0.717) is 11.6 Å². The number of aliphatic hydroxyl groups is 1. The molecule has 5 nitrogen and oxygen atoms in total. The minimum absolute atomic E-state index is 0.402. The number of aldehydes is 1. The van der Waals surface area contributed by atoms with Crippen LogP contribution in [0.2, 0.25) is 0 Å². The number of nitriles is 1. The van der Waals surface area contributed by atoms with E-state index in [0.717, 1.165) is 44.8 Å². The Labute approximate surface area is 175 Å². The van der Waals surface area contributed by atoms with Gasteiger partial charge in [0.05, 0.1) is 0 Å². The van der Waals surface area contributed by atoms with Gasteiger partial charge in [0.1, 0.15) is 18.2 Å². The minimum atomic E-state index is -0.402. The minimum Gasteiger partial charge on any atom is -0.400 e. The number of nitrogens with zero attached hydrogens (tertiary/aromatic N) is 2. The first-order chi connectivity index (χ1) is 13.4. The van der Waals surface area contributed by atoms with Gasteiger partial charge in [-0.1, -0.05) is 34.9 Å². The smallest absolute Gasteiger partial charge is 0.182 e. The topological polar surface area (TPSA) is 85.5 Å². The number of hydrogen-bond acceptors (Lipinski definition) is 5. The number of carbonyl (C=O) groups excluding carboxylic acids is 1. The van der Waals surface area contributed by atoms with Gasteiger partial charge in [-0.15, -0.1) is 0 Å². The zero-order valence-corrected chi connectivity index (χ0v) is 19.1. The zero-order valence-electron chi connectivity index (χ0n) is 18.3. The molecule has 0 aromatic rings. The molecule has 0 saturated heterocycles. The molecule has 0 aliphatic carbocycles. The molecule has 0 aromatic heterocycles. The molecule has 0 aliphatic rings. The number of thioether (sulfide) groups is 1. The van der Waals surface area contributed by atoms with Crippen LogP contribution in [0.15, 0.2) is 39.9 Å². The van der Waals surface area contributed by atoms with Crippen LogP contribution in [0.4, 0.5) is 0 Å². The van der Waals surface area contributed by atoms with E-state index in [1.165, 1.54) is 16.7 Å². The fourth-order valence-corrected chi connectivity index (χ4v) is 3.13. The van der Waals surface area contributed by atoms with Gasteiger partial charge in [-0.05, 0) is 60.3 Å². The number of rotatable bonds is 12. The Morgan fingerprint density at radius 2 is 1.64 bits per heavy atom. The highest BCUT2D eigenvalue weighted by molar-refractivity contribution is 7.99. The van der Waals surface area contributed by atoms with E-state index in [4.69, 9.17) is 10.4 Å². The molecule has 0 radical (unpaired) electrons. The van der Waals surface area contributed by atoms with Crippen molar-refractivity contribution in [3.05, 3.63) is 34.9 Å². The lowest BCUT2D eigenvalue weighted by Crippen LogP contribution is -2.19. The molecular weight excluding hydrogens is 370 g/mol. The first-order valence-electron chi connectivity index (χ1n) is 9.51. The molecule has 158 valence electrons. The summed E-state index contributed by atoms with van der Waals surface area (Å²) in [6.07, 6.45) is 13.9. The SMILES string of the molecule is CC(C)=CCC/C(C)=C/CC/C(C)=C/CSCC(C=O)N=C(C)NC#N.CO. The monoisotopic (exact) mass is 407 g/mol. The standard InChI is InChI=1S/C21H33N3OS.CH4O/c1-17(2)8-6-9-18(3)10-7-11-19(4)12-13-26-15-21(14-25)24-20(5)23-16-22;1-2/h8,10,12,14,21H,6-7,9,11,13,15H2,1-5H3,(H,23,24);2H,1H3/b18-10+,19-12+;. The lowest BCUT2D eigenvalue weighted by Gasteiger charge is -2.06. The Hall–Kier alpha value is -1.84. The van der Waals surface area contributed by atoms with Crippen molar-refractivity contribution in [1.29, 1.82) is 5.26 Å². The maximum absolute atomic E-state index is 11.0. The summed E-state index contributed by atoms with van der Waals surface area (Å²) < 4.78 is 0. The molecule has 0 heterocycles. The molecular formula is C22H37N3O2S. The van der Waals surface area contributed by atoms with Gasteiger partial charge in [0.15, 0.2) is 6.19 Å². The van der Waals surface area contributed by atoms with Crippen molar-refractivity contribution in [1.82, 2.24) is 5.32 Å². The van der Waals surface area contributed by atoms with Crippen LogP contribution in [0, 0.1) is 11.5 Å². The van der Waals surface area contributed by atoms with E-state index in [2.05, 4.69) is 56.2 Å². The van der Waals surface area contributed by atoms with Gasteiger partial charge in [-0.25, -0.2) is 0 Å². The molecule has 1 unspecified atom stereocenters. The molecule has 0 rings (SSSR count). The first-order valence-corrected chi connectivity index (χ1v) is 10.7. The predicted molar refractivity (Wildman–Crippen MR) is 123 cm³/mol. The van der Waals surface area contributed by atoms with Gasteiger partial charge in [0.25, 0.3) is 0 Å². The van der Waals surface area contributed by atoms with Gasteiger partial charge in [-0.3, -0.25) is 10.3 Å². The highest BCUT2D eigenvalue weighted by Gasteiger charge is 2.05. The summed E-state index contributed by atoms with van der Waals surface area (Å²) in [5, 5.41) is 18.0. The van der Waals surface area contributed by atoms with Crippen molar-refractivity contribution in [2.45, 2.75) is 66.3 Å². The summed E-state index contributed by atoms with van der Waals surface area (Å²) >= 11 is 1.68. The van der Waals surface area contributed by atoms with Crippen LogP contribution in [0.3, 0.4) is 0 Å². The van der Waals surface area contributed by atoms with E-state index >= 15 is 0 Å². The maximum Gasteiger partial charge on any atom is 0.182 e. The Morgan fingerprint density at radius 1 is 1.07 bits per heavy atom. The highest BCUT2D eigenvalue weighted by atomic mass is 32.2. The van der Waals surface area contributed by atoms with Gasteiger partial charge < -0.3 is 9.90 Å². The summed E-state index contributed by atoms with van der Waals surface area (Å²) in [6, 6.07) is -0.402. The average molecular weight is 408 g/mol. The third-order valence-electron chi connectivity index (χ3n) is 3.71. The largest absolute Gasteiger partial charge is 0.400 e. The van der Waals surface area contributed by atoms with E-state index < -0.39 is 6.04 Å². The van der Waals surface area contributed by atoms with E-state index in [1.807, 2.05) is 0 Å². The predicted octanol–water partition coefficient (Wildman–Crippen LogP) is 4.80. The number of hydrogen-bond donors (Lipinski definition) is 2. The van der Waals surface area contributed by atoms with E-state index in [9.17, 15) is 4.79 Å². The quantitative estimate of drug-likeness (QED) is 0.0923. The number of aliphatic imine (C=N–C) groups is 1. The molecule has 0 aliphatic heterocycles. The van der Waals surface area contributed by atoms with Crippen molar-refractivity contribution in [2.24, 2.45) is 4.99 Å². The van der Waals surface area contributed by atoms with Crippen LogP contribution in [0.25, 0.3) is 0 Å². The number of carbonyl (C=O) groups is 1. The molecule has 28 heavy (non-hydrogen) atoms. The molecule has 2 N–H and O–H groups in total. The Balaban J connectivity index is 0. The number of amidine groups is 1. The lowest BCUT2D eigenvalue weighted by molar-refractivity contribution is -0.108. The van der Waals surface area contributed by atoms with Crippen molar-refractivity contribution in [3.63, 3.8) is 0 Å². The second-order valence-corrected chi connectivity index (χ2v) is 7.73. The maximum atomic E-state index is 11.0. The molecule has 0 spiro atoms. The van der Waals surface area contributed by atoms with Crippen LogP contribution < -0.4 is 5.32 Å². The molecule has 0 bridgehead atoms. The normalized spacial score (nSPS) is 13.0. The van der Waals surface area contributed by atoms with Gasteiger partial charge in [0.2, 0.25) is 0 Å². The first kappa shape index (κ1) is 28.4. The zero-order chi connectivity index (χ0) is 21.8. The number of aliphatic hydroxyl groups excluding tert-OH is 1. The summed E-state index contributed by atoms with van der Waals surface area (Å²) in [4.78, 5) is 15.2. The van der Waals surface area contributed by atoms with Crippen LogP contribution in [0.5, 0.6) is 0 Å². The number of nitrogens with one attached hydrogen (secondary N) is 1. The van der Waals surface area contributed by atoms with Crippen molar-refractivity contribution in [2.75, 3.05) is 18.6 Å². The molecule has 0 saturated carbocycles. The fourth-order valence-electron chi connectivity index (χ4n) is 2.20. The van der Waals surface area contributed by atoms with Gasteiger partial charge in [0, 0.05) is 18.6 Å². The Kier molecular flexibility index (Phi) is 20.2. The van der Waals surface area contributed by atoms with Crippen LogP contribution in [0.1, 0.15) is 60.3 Å². The molecule has 0 aromatic carbocycles. The lowest BCUT2D eigenvalue weighted by atomic mass is 10.1. The van der Waals surface area contributed by atoms with Gasteiger partial charge in [-0.2, -0.15) is 17.0 Å². The van der Waals surface area contributed by atoms with E-state index in [1.54, 1.807) is 24.9 Å². The van der Waals surface area contributed by atoms with Crippen LogP contribution in [-0.2, 0) is 4.79 Å². The summed E-state index contributed by atoms with van der Waals surface area (Å²) in [5.74, 6) is 1.98. The second-order valence-electron chi connectivity index (χ2n) is 6.65. The number of allylic oxidation sites excluding steroid dienone is 5. The molecule has 1 atom stereocenters.